The van der Waals surface area contributed by atoms with Gasteiger partial charge in [-0.1, -0.05) is 10.3 Å². The number of hydrogen-bond donors (Lipinski definition) is 1. The first kappa shape index (κ1) is 7.01. The molecule has 1 aromatic rings. The van der Waals surface area contributed by atoms with Gasteiger partial charge in [-0.15, -0.1) is 0 Å². The number of ether oxygens (including phenoxy) is 1. The lowest BCUT2D eigenvalue weighted by molar-refractivity contribution is 0.315. The van der Waals surface area contributed by atoms with Crippen LogP contribution in [0.4, 0.5) is 0 Å². The Bertz CT molecular complexity index is 197. The van der Waals surface area contributed by atoms with E-state index in [1.54, 1.807) is 17.9 Å². The molecule has 0 radical (unpaired) electrons. The second kappa shape index (κ2) is 3.17. The van der Waals surface area contributed by atoms with Crippen LogP contribution in [0.1, 0.15) is 0 Å². The number of nitrogens with two attached hydrogens (primary N) is 1. The summed E-state index contributed by atoms with van der Waals surface area (Å²) in [5.41, 5.74) is 5.20. The van der Waals surface area contributed by atoms with Crippen molar-refractivity contribution in [3.63, 3.8) is 0 Å². The standard InChI is InChI=1S/C5H10N4O/c1-9-4-5(7-8-9)10-3-2-6/h4H,2-3,6H2,1H3. The topological polar surface area (TPSA) is 66.0 Å². The second-order valence-electron chi connectivity index (χ2n) is 1.87. The minimum Gasteiger partial charge on any atom is -0.474 e. The molecule has 0 amide bonds. The van der Waals surface area contributed by atoms with Gasteiger partial charge in [0.05, 0.1) is 6.20 Å². The Balaban J connectivity index is 2.42. The average Bonchev–Trinajstić information content (AvgIpc) is 2.31. The van der Waals surface area contributed by atoms with Crippen LogP contribution in [-0.2, 0) is 7.05 Å². The molecule has 0 atom stereocenters. The van der Waals surface area contributed by atoms with Crippen LogP contribution in [0.15, 0.2) is 6.20 Å². The highest BCUT2D eigenvalue weighted by Crippen LogP contribution is 1.99. The van der Waals surface area contributed by atoms with Gasteiger partial charge in [0.1, 0.15) is 6.61 Å². The van der Waals surface area contributed by atoms with Crippen LogP contribution < -0.4 is 10.5 Å². The molecular formula is C5H10N4O. The Kier molecular flexibility index (Phi) is 2.22. The van der Waals surface area contributed by atoms with Crippen LogP contribution in [0.5, 0.6) is 5.88 Å². The molecule has 0 aliphatic rings. The Labute approximate surface area is 58.8 Å². The number of hydrogen-bond acceptors (Lipinski definition) is 4. The molecule has 0 saturated heterocycles. The van der Waals surface area contributed by atoms with Crippen molar-refractivity contribution in [3.8, 4) is 5.88 Å². The van der Waals surface area contributed by atoms with Crippen LogP contribution >= 0.6 is 0 Å². The number of nitrogens with zero attached hydrogens (tertiary/aromatic N) is 3. The van der Waals surface area contributed by atoms with Gasteiger partial charge in [-0.3, -0.25) is 4.68 Å². The molecular weight excluding hydrogens is 132 g/mol. The first-order valence-electron chi connectivity index (χ1n) is 3.02. The summed E-state index contributed by atoms with van der Waals surface area (Å²) in [4.78, 5) is 0. The van der Waals surface area contributed by atoms with Gasteiger partial charge >= 0.3 is 0 Å². The average molecular weight is 142 g/mol. The summed E-state index contributed by atoms with van der Waals surface area (Å²) < 4.78 is 6.63. The van der Waals surface area contributed by atoms with Gasteiger partial charge in [0, 0.05) is 13.6 Å². The molecule has 0 bridgehead atoms. The van der Waals surface area contributed by atoms with Crippen LogP contribution in [0.25, 0.3) is 0 Å². The molecule has 1 aromatic heterocycles. The predicted molar refractivity (Wildman–Crippen MR) is 35.6 cm³/mol. The van der Waals surface area contributed by atoms with Gasteiger partial charge in [-0.05, 0) is 0 Å². The zero-order valence-electron chi connectivity index (χ0n) is 5.82. The predicted octanol–water partition coefficient (Wildman–Crippen LogP) is -0.847. The third-order valence-electron chi connectivity index (χ3n) is 0.949. The molecule has 0 saturated carbocycles. The maximum Gasteiger partial charge on any atom is 0.253 e. The molecule has 5 heteroatoms. The monoisotopic (exact) mass is 142 g/mol. The highest BCUT2D eigenvalue weighted by molar-refractivity contribution is 4.98. The Morgan fingerprint density at radius 3 is 3.10 bits per heavy atom. The normalized spacial score (nSPS) is 9.80. The molecule has 0 aromatic carbocycles. The van der Waals surface area contributed by atoms with E-state index in [0.717, 1.165) is 0 Å². The number of aromatic nitrogens is 3. The van der Waals surface area contributed by atoms with E-state index < -0.39 is 0 Å². The maximum atomic E-state index is 5.20. The maximum absolute atomic E-state index is 5.20. The molecule has 0 spiro atoms. The minimum atomic E-state index is 0.485. The first-order chi connectivity index (χ1) is 4.83. The van der Waals surface area contributed by atoms with Crippen LogP contribution in [0.3, 0.4) is 0 Å². The summed E-state index contributed by atoms with van der Waals surface area (Å²) in [7, 11) is 1.78. The highest BCUT2D eigenvalue weighted by atomic mass is 16.5. The van der Waals surface area contributed by atoms with Gasteiger partial charge in [-0.2, -0.15) is 0 Å². The van der Waals surface area contributed by atoms with Crippen molar-refractivity contribution in [3.05, 3.63) is 6.20 Å². The molecule has 0 aliphatic heterocycles. The molecule has 1 rings (SSSR count). The van der Waals surface area contributed by atoms with Crippen LogP contribution in [-0.4, -0.2) is 28.1 Å². The first-order valence-corrected chi connectivity index (χ1v) is 3.02. The van der Waals surface area contributed by atoms with Crippen molar-refractivity contribution >= 4 is 0 Å². The van der Waals surface area contributed by atoms with Crippen LogP contribution in [0.2, 0.25) is 0 Å². The summed E-state index contributed by atoms with van der Waals surface area (Å²) in [6.45, 7) is 0.981. The van der Waals surface area contributed by atoms with E-state index in [1.807, 2.05) is 0 Å². The summed E-state index contributed by atoms with van der Waals surface area (Å²) in [6.07, 6.45) is 1.69. The number of aryl methyl sites for hydroxylation is 1. The summed E-state index contributed by atoms with van der Waals surface area (Å²) >= 11 is 0. The highest BCUT2D eigenvalue weighted by Gasteiger charge is 1.95. The van der Waals surface area contributed by atoms with Gasteiger partial charge in [-0.25, -0.2) is 0 Å². The number of rotatable bonds is 3. The quantitative estimate of drug-likeness (QED) is 0.597. The molecule has 0 aliphatic carbocycles. The van der Waals surface area contributed by atoms with E-state index in [2.05, 4.69) is 10.3 Å². The fraction of sp³-hybridized carbons (Fsp3) is 0.600. The van der Waals surface area contributed by atoms with E-state index >= 15 is 0 Å². The molecule has 2 N–H and O–H groups in total. The molecule has 1 heterocycles. The minimum absolute atomic E-state index is 0.485. The van der Waals surface area contributed by atoms with Gasteiger partial charge in [0.15, 0.2) is 0 Å². The van der Waals surface area contributed by atoms with E-state index in [9.17, 15) is 0 Å². The van der Waals surface area contributed by atoms with Crippen LogP contribution in [0, 0.1) is 0 Å². The molecule has 56 valence electrons. The summed E-state index contributed by atoms with van der Waals surface area (Å²) in [5.74, 6) is 0.521. The lowest BCUT2D eigenvalue weighted by Gasteiger charge is -1.95. The van der Waals surface area contributed by atoms with Crippen molar-refractivity contribution in [2.24, 2.45) is 12.8 Å². The van der Waals surface area contributed by atoms with Crippen molar-refractivity contribution in [2.75, 3.05) is 13.2 Å². The SMILES string of the molecule is Cn1cc(OCCN)nn1. The van der Waals surface area contributed by atoms with E-state index in [1.165, 1.54) is 0 Å². The summed E-state index contributed by atoms with van der Waals surface area (Å²) in [5, 5.41) is 7.36. The van der Waals surface area contributed by atoms with Gasteiger partial charge in [0.2, 0.25) is 0 Å². The third kappa shape index (κ3) is 1.70. The fourth-order valence-electron chi connectivity index (χ4n) is 0.556. The summed E-state index contributed by atoms with van der Waals surface area (Å²) in [6, 6.07) is 0. The second-order valence-corrected chi connectivity index (χ2v) is 1.87. The van der Waals surface area contributed by atoms with Crippen molar-refractivity contribution < 1.29 is 4.74 Å². The fourth-order valence-corrected chi connectivity index (χ4v) is 0.556. The van der Waals surface area contributed by atoms with E-state index in [-0.39, 0.29) is 0 Å². The van der Waals surface area contributed by atoms with E-state index in [0.29, 0.717) is 19.0 Å². The van der Waals surface area contributed by atoms with E-state index in [4.69, 9.17) is 10.5 Å². The third-order valence-corrected chi connectivity index (χ3v) is 0.949. The molecule has 0 fully saturated rings. The Morgan fingerprint density at radius 2 is 2.60 bits per heavy atom. The smallest absolute Gasteiger partial charge is 0.253 e. The van der Waals surface area contributed by atoms with Crippen molar-refractivity contribution in [1.29, 1.82) is 0 Å². The zero-order chi connectivity index (χ0) is 7.40. The lowest BCUT2D eigenvalue weighted by Crippen LogP contribution is -2.10. The van der Waals surface area contributed by atoms with Crippen molar-refractivity contribution in [1.82, 2.24) is 15.0 Å². The zero-order valence-corrected chi connectivity index (χ0v) is 5.82. The Morgan fingerprint density at radius 1 is 1.80 bits per heavy atom. The molecule has 5 nitrogen and oxygen atoms in total. The van der Waals surface area contributed by atoms with Crippen molar-refractivity contribution in [2.45, 2.75) is 0 Å². The molecule has 0 unspecified atom stereocenters. The largest absolute Gasteiger partial charge is 0.474 e. The molecule has 10 heavy (non-hydrogen) atoms. The van der Waals surface area contributed by atoms with Gasteiger partial charge in [0.25, 0.3) is 5.88 Å². The lowest BCUT2D eigenvalue weighted by atomic mass is 10.7. The Hall–Kier alpha value is -1.10. The van der Waals surface area contributed by atoms with Gasteiger partial charge < -0.3 is 10.5 Å².